The largest absolute Gasteiger partial charge is 0.390 e. The summed E-state index contributed by atoms with van der Waals surface area (Å²) in [5, 5.41) is 20.7. The molecule has 0 aromatic rings. The molecule has 4 saturated carbocycles. The van der Waals surface area contributed by atoms with E-state index in [1.165, 1.54) is 44.9 Å². The van der Waals surface area contributed by atoms with Gasteiger partial charge in [0.2, 0.25) is 0 Å². The number of Topliss-reactive ketones (excluding diaryl/α,β-unsaturated/α-hetero) is 1. The fraction of sp³-hybridized carbons (Fsp3) is 0.963. The average molecular weight is 419 g/mol. The minimum atomic E-state index is -0.722. The molecule has 4 aliphatic rings. The fourth-order valence-corrected chi connectivity index (χ4v) is 9.10. The number of hydrogen-bond donors (Lipinski definition) is 2. The van der Waals surface area contributed by atoms with E-state index < -0.39 is 12.2 Å². The molecule has 0 aromatic carbocycles. The Kier molecular flexibility index (Phi) is 6.21. The summed E-state index contributed by atoms with van der Waals surface area (Å²) in [7, 11) is 0. The first kappa shape index (κ1) is 22.8. The standard InChI is InChI=1S/C27H46O3/c1-16(2)7-6-8-17(3)19-9-10-20-18-13-23(28)22-14-24(29)25(30)15-27(22,5)21(18)11-12-26(19,20)4/h16-22,24-25,29-30H,6-15H2,1-5H3/t17-,18+,19-,20+,21+,22?,24?,25?,26-,27-/m1/s1. The first-order chi connectivity index (χ1) is 14.1. The molecule has 0 spiro atoms. The van der Waals surface area contributed by atoms with Gasteiger partial charge in [-0.25, -0.2) is 0 Å². The second kappa shape index (κ2) is 8.18. The molecule has 2 N–H and O–H groups in total. The van der Waals surface area contributed by atoms with Gasteiger partial charge in [0.15, 0.2) is 0 Å². The third-order valence-electron chi connectivity index (χ3n) is 10.7. The SMILES string of the molecule is CC(C)CCC[C@@H](C)[C@H]1CC[C@H]2[C@@H]3CC(=O)C4CC(O)C(O)C[C@]4(C)[C@H]3CC[C@]12C. The maximum Gasteiger partial charge on any atom is 0.136 e. The van der Waals surface area contributed by atoms with Crippen LogP contribution < -0.4 is 0 Å². The predicted octanol–water partition coefficient (Wildman–Crippen LogP) is 5.62. The van der Waals surface area contributed by atoms with E-state index in [2.05, 4.69) is 34.6 Å². The minimum absolute atomic E-state index is 0.0475. The molecule has 3 nitrogen and oxygen atoms in total. The van der Waals surface area contributed by atoms with Crippen LogP contribution in [-0.4, -0.2) is 28.2 Å². The Morgan fingerprint density at radius 3 is 2.37 bits per heavy atom. The van der Waals surface area contributed by atoms with Gasteiger partial charge in [0.25, 0.3) is 0 Å². The summed E-state index contributed by atoms with van der Waals surface area (Å²) in [6, 6.07) is 0. The van der Waals surface area contributed by atoms with Crippen LogP contribution in [0.25, 0.3) is 0 Å². The summed E-state index contributed by atoms with van der Waals surface area (Å²) >= 11 is 0. The van der Waals surface area contributed by atoms with Gasteiger partial charge in [0, 0.05) is 12.3 Å². The summed E-state index contributed by atoms with van der Waals surface area (Å²) < 4.78 is 0. The molecule has 0 radical (unpaired) electrons. The average Bonchev–Trinajstić information content (AvgIpc) is 3.01. The number of rotatable bonds is 5. The monoisotopic (exact) mass is 418 g/mol. The van der Waals surface area contributed by atoms with Crippen LogP contribution in [0.4, 0.5) is 0 Å². The molecule has 172 valence electrons. The van der Waals surface area contributed by atoms with Crippen molar-refractivity contribution in [1.29, 1.82) is 0 Å². The maximum absolute atomic E-state index is 13.3. The molecule has 4 aliphatic carbocycles. The topological polar surface area (TPSA) is 57.5 Å². The lowest BCUT2D eigenvalue weighted by atomic mass is 9.44. The van der Waals surface area contributed by atoms with Crippen molar-refractivity contribution in [3.8, 4) is 0 Å². The van der Waals surface area contributed by atoms with Crippen LogP contribution in [-0.2, 0) is 4.79 Å². The molecule has 10 atom stereocenters. The third kappa shape index (κ3) is 3.60. The van der Waals surface area contributed by atoms with Gasteiger partial charge in [0.05, 0.1) is 12.2 Å². The van der Waals surface area contributed by atoms with E-state index in [0.717, 1.165) is 24.2 Å². The lowest BCUT2D eigenvalue weighted by Crippen LogP contribution is -2.59. The second-order valence-electron chi connectivity index (χ2n) is 12.7. The van der Waals surface area contributed by atoms with Gasteiger partial charge in [-0.05, 0) is 84.9 Å². The highest BCUT2D eigenvalue weighted by Gasteiger charge is 2.63. The Bertz CT molecular complexity index is 644. The molecule has 4 fully saturated rings. The molecule has 0 aliphatic heterocycles. The van der Waals surface area contributed by atoms with E-state index >= 15 is 0 Å². The molecule has 0 amide bonds. The van der Waals surface area contributed by atoms with Crippen molar-refractivity contribution in [3.05, 3.63) is 0 Å². The molecule has 0 saturated heterocycles. The Morgan fingerprint density at radius 1 is 0.967 bits per heavy atom. The van der Waals surface area contributed by atoms with Crippen LogP contribution in [0.5, 0.6) is 0 Å². The van der Waals surface area contributed by atoms with Crippen LogP contribution in [0.2, 0.25) is 0 Å². The lowest BCUT2D eigenvalue weighted by Gasteiger charge is -2.61. The van der Waals surface area contributed by atoms with Crippen molar-refractivity contribution in [2.75, 3.05) is 0 Å². The predicted molar refractivity (Wildman–Crippen MR) is 121 cm³/mol. The summed E-state index contributed by atoms with van der Waals surface area (Å²) in [4.78, 5) is 13.3. The van der Waals surface area contributed by atoms with Gasteiger partial charge in [0.1, 0.15) is 5.78 Å². The maximum atomic E-state index is 13.3. The Balaban J connectivity index is 1.52. The molecule has 4 rings (SSSR count). The molecule has 30 heavy (non-hydrogen) atoms. The highest BCUT2D eigenvalue weighted by molar-refractivity contribution is 5.83. The number of aliphatic hydroxyl groups excluding tert-OH is 2. The summed E-state index contributed by atoms with van der Waals surface area (Å²) in [5.74, 6) is 4.41. The van der Waals surface area contributed by atoms with Crippen LogP contribution in [0.15, 0.2) is 0 Å². The van der Waals surface area contributed by atoms with Crippen molar-refractivity contribution in [3.63, 3.8) is 0 Å². The first-order valence-electron chi connectivity index (χ1n) is 13.0. The van der Waals surface area contributed by atoms with E-state index in [0.29, 0.717) is 41.8 Å². The molecular formula is C27H46O3. The number of carbonyl (C=O) groups is 1. The highest BCUT2D eigenvalue weighted by Crippen LogP contribution is 2.67. The zero-order valence-electron chi connectivity index (χ0n) is 20.1. The summed E-state index contributed by atoms with van der Waals surface area (Å²) in [5.41, 5.74) is 0.260. The van der Waals surface area contributed by atoms with Crippen molar-refractivity contribution in [2.24, 2.45) is 52.3 Å². The van der Waals surface area contributed by atoms with Gasteiger partial charge in [-0.15, -0.1) is 0 Å². The molecule has 0 aromatic heterocycles. The van der Waals surface area contributed by atoms with E-state index in [9.17, 15) is 15.0 Å². The summed E-state index contributed by atoms with van der Waals surface area (Å²) in [6.45, 7) is 12.0. The van der Waals surface area contributed by atoms with E-state index in [1.807, 2.05) is 0 Å². The number of carbonyl (C=O) groups excluding carboxylic acids is 1. The number of aliphatic hydroxyl groups is 2. The lowest BCUT2D eigenvalue weighted by molar-refractivity contribution is -0.173. The number of fused-ring (bicyclic) bond motifs is 5. The van der Waals surface area contributed by atoms with Gasteiger partial charge in [-0.1, -0.05) is 53.9 Å². The minimum Gasteiger partial charge on any atom is -0.390 e. The third-order valence-corrected chi connectivity index (χ3v) is 10.7. The van der Waals surface area contributed by atoms with Crippen molar-refractivity contribution in [1.82, 2.24) is 0 Å². The van der Waals surface area contributed by atoms with E-state index in [1.54, 1.807) is 0 Å². The molecule has 3 unspecified atom stereocenters. The summed E-state index contributed by atoms with van der Waals surface area (Å²) in [6.07, 6.45) is 9.56. The van der Waals surface area contributed by atoms with Gasteiger partial charge >= 0.3 is 0 Å². The van der Waals surface area contributed by atoms with Crippen LogP contribution >= 0.6 is 0 Å². The number of hydrogen-bond acceptors (Lipinski definition) is 3. The van der Waals surface area contributed by atoms with Gasteiger partial charge < -0.3 is 10.2 Å². The normalized spacial score (nSPS) is 49.5. The first-order valence-corrected chi connectivity index (χ1v) is 13.0. The Morgan fingerprint density at radius 2 is 1.67 bits per heavy atom. The van der Waals surface area contributed by atoms with Gasteiger partial charge in [-0.3, -0.25) is 4.79 Å². The van der Waals surface area contributed by atoms with Crippen LogP contribution in [0, 0.1) is 52.3 Å². The highest BCUT2D eigenvalue weighted by atomic mass is 16.3. The second-order valence-corrected chi connectivity index (χ2v) is 12.7. The molecule has 3 heteroatoms. The quantitative estimate of drug-likeness (QED) is 0.609. The Hall–Kier alpha value is -0.410. The van der Waals surface area contributed by atoms with E-state index in [-0.39, 0.29) is 11.3 Å². The van der Waals surface area contributed by atoms with Crippen LogP contribution in [0.3, 0.4) is 0 Å². The zero-order valence-corrected chi connectivity index (χ0v) is 20.1. The van der Waals surface area contributed by atoms with Crippen LogP contribution in [0.1, 0.15) is 98.8 Å². The van der Waals surface area contributed by atoms with Gasteiger partial charge in [-0.2, -0.15) is 0 Å². The number of ketones is 1. The molecular weight excluding hydrogens is 372 g/mol. The molecule has 0 heterocycles. The zero-order chi connectivity index (χ0) is 21.8. The van der Waals surface area contributed by atoms with Crippen molar-refractivity contribution < 1.29 is 15.0 Å². The smallest absolute Gasteiger partial charge is 0.136 e. The fourth-order valence-electron chi connectivity index (χ4n) is 9.10. The van der Waals surface area contributed by atoms with E-state index in [4.69, 9.17) is 0 Å². The van der Waals surface area contributed by atoms with Crippen molar-refractivity contribution in [2.45, 2.75) is 111 Å². The molecule has 0 bridgehead atoms. The van der Waals surface area contributed by atoms with Crippen molar-refractivity contribution >= 4 is 5.78 Å². The Labute approximate surface area is 184 Å².